The second-order valence-electron chi connectivity index (χ2n) is 3.31. The number of alkyl halides is 2. The Labute approximate surface area is 84.4 Å². The van der Waals surface area contributed by atoms with E-state index in [4.69, 9.17) is 27.9 Å². The van der Waals surface area contributed by atoms with Gasteiger partial charge in [-0.05, 0) is 6.42 Å². The molecule has 0 aromatic rings. The highest BCUT2D eigenvalue weighted by Crippen LogP contribution is 2.32. The molecule has 0 aromatic carbocycles. The number of halogens is 2. The van der Waals surface area contributed by atoms with E-state index in [9.17, 15) is 0 Å². The minimum Gasteiger partial charge on any atom is -0.367 e. The first-order chi connectivity index (χ1) is 5.79. The van der Waals surface area contributed by atoms with Crippen LogP contribution in [0.15, 0.2) is 0 Å². The Morgan fingerprint density at radius 3 is 2.67 bits per heavy atom. The monoisotopic (exact) mass is 210 g/mol. The largest absolute Gasteiger partial charge is 0.367 e. The summed E-state index contributed by atoms with van der Waals surface area (Å²) in [5.41, 5.74) is 0. The van der Waals surface area contributed by atoms with E-state index in [1.807, 2.05) is 0 Å². The third-order valence-corrected chi connectivity index (χ3v) is 2.98. The zero-order chi connectivity index (χ0) is 8.97. The van der Waals surface area contributed by atoms with Gasteiger partial charge in [0.05, 0.1) is 17.4 Å². The van der Waals surface area contributed by atoms with Crippen LogP contribution in [-0.4, -0.2) is 23.5 Å². The van der Waals surface area contributed by atoms with Crippen LogP contribution in [0.4, 0.5) is 0 Å². The van der Waals surface area contributed by atoms with Crippen LogP contribution in [0.25, 0.3) is 0 Å². The number of hydrogen-bond acceptors (Lipinski definition) is 1. The quantitative estimate of drug-likeness (QED) is 0.373. The molecule has 0 saturated carbocycles. The van der Waals surface area contributed by atoms with E-state index >= 15 is 0 Å². The Morgan fingerprint density at radius 1 is 1.42 bits per heavy atom. The van der Waals surface area contributed by atoms with Gasteiger partial charge >= 0.3 is 0 Å². The van der Waals surface area contributed by atoms with Crippen molar-refractivity contribution in [3.8, 4) is 0 Å². The summed E-state index contributed by atoms with van der Waals surface area (Å²) in [6.07, 6.45) is 5.25. The van der Waals surface area contributed by atoms with Crippen LogP contribution in [0, 0.1) is 0 Å². The fraction of sp³-hybridized carbons (Fsp3) is 1.00. The average Bonchev–Trinajstić information content (AvgIpc) is 2.83. The van der Waals surface area contributed by atoms with Gasteiger partial charge in [0, 0.05) is 0 Å². The zero-order valence-corrected chi connectivity index (χ0v) is 8.94. The Hall–Kier alpha value is 0.540. The SMILES string of the molecule is CCCCCC(Cl)C1OC1CCl. The van der Waals surface area contributed by atoms with Gasteiger partial charge in [-0.3, -0.25) is 0 Å². The van der Waals surface area contributed by atoms with Crippen LogP contribution >= 0.6 is 23.2 Å². The molecule has 72 valence electrons. The summed E-state index contributed by atoms with van der Waals surface area (Å²) < 4.78 is 5.29. The van der Waals surface area contributed by atoms with Gasteiger partial charge in [-0.15, -0.1) is 23.2 Å². The third kappa shape index (κ3) is 3.12. The third-order valence-electron chi connectivity index (χ3n) is 2.21. The van der Waals surface area contributed by atoms with Gasteiger partial charge in [0.25, 0.3) is 0 Å². The van der Waals surface area contributed by atoms with Gasteiger partial charge in [-0.1, -0.05) is 26.2 Å². The van der Waals surface area contributed by atoms with Crippen molar-refractivity contribution in [2.45, 2.75) is 50.2 Å². The molecule has 12 heavy (non-hydrogen) atoms. The number of rotatable bonds is 6. The fourth-order valence-electron chi connectivity index (χ4n) is 1.35. The van der Waals surface area contributed by atoms with Crippen molar-refractivity contribution in [1.82, 2.24) is 0 Å². The van der Waals surface area contributed by atoms with E-state index in [-0.39, 0.29) is 17.6 Å². The number of hydrogen-bond donors (Lipinski definition) is 0. The van der Waals surface area contributed by atoms with Crippen LogP contribution in [0.5, 0.6) is 0 Å². The average molecular weight is 211 g/mol. The zero-order valence-electron chi connectivity index (χ0n) is 7.43. The standard InChI is InChI=1S/C9H16Cl2O/c1-2-3-4-5-7(11)9-8(6-10)12-9/h7-9H,2-6H2,1H3. The highest BCUT2D eigenvalue weighted by molar-refractivity contribution is 6.21. The molecule has 0 spiro atoms. The van der Waals surface area contributed by atoms with E-state index in [2.05, 4.69) is 6.92 Å². The van der Waals surface area contributed by atoms with Crippen molar-refractivity contribution in [1.29, 1.82) is 0 Å². The van der Waals surface area contributed by atoms with Crippen LogP contribution in [0.1, 0.15) is 32.6 Å². The molecule has 3 atom stereocenters. The summed E-state index contributed by atoms with van der Waals surface area (Å²) in [5, 5.41) is 0.181. The topological polar surface area (TPSA) is 12.5 Å². The first-order valence-corrected chi connectivity index (χ1v) is 5.62. The van der Waals surface area contributed by atoms with Crippen LogP contribution < -0.4 is 0 Å². The molecule has 0 aliphatic carbocycles. The van der Waals surface area contributed by atoms with Gasteiger partial charge in [-0.25, -0.2) is 0 Å². The molecule has 1 aliphatic rings. The normalized spacial score (nSPS) is 30.2. The minimum absolute atomic E-state index is 0.181. The summed E-state index contributed by atoms with van der Waals surface area (Å²) in [5.74, 6) is 0.585. The van der Waals surface area contributed by atoms with E-state index in [1.165, 1.54) is 19.3 Å². The summed E-state index contributed by atoms with van der Waals surface area (Å²) >= 11 is 11.7. The smallest absolute Gasteiger partial charge is 0.102 e. The molecular weight excluding hydrogens is 195 g/mol. The molecule has 0 bridgehead atoms. The first kappa shape index (κ1) is 10.6. The second-order valence-corrected chi connectivity index (χ2v) is 4.17. The van der Waals surface area contributed by atoms with Crippen molar-refractivity contribution in [2.75, 3.05) is 5.88 Å². The highest BCUT2D eigenvalue weighted by Gasteiger charge is 2.42. The molecule has 1 nitrogen and oxygen atoms in total. The van der Waals surface area contributed by atoms with Gasteiger partial charge in [0.15, 0.2) is 0 Å². The molecule has 3 unspecified atom stereocenters. The summed E-state index contributed by atoms with van der Waals surface area (Å²) in [6.45, 7) is 2.19. The van der Waals surface area contributed by atoms with E-state index in [0.717, 1.165) is 6.42 Å². The van der Waals surface area contributed by atoms with Crippen LogP contribution in [0.3, 0.4) is 0 Å². The maximum absolute atomic E-state index is 6.10. The Morgan fingerprint density at radius 2 is 2.17 bits per heavy atom. The molecule has 1 fully saturated rings. The fourth-order valence-corrected chi connectivity index (χ4v) is 1.98. The minimum atomic E-state index is 0.181. The Balaban J connectivity index is 2.01. The lowest BCUT2D eigenvalue weighted by atomic mass is 10.1. The van der Waals surface area contributed by atoms with Gasteiger partial charge < -0.3 is 4.74 Å². The highest BCUT2D eigenvalue weighted by atomic mass is 35.5. The lowest BCUT2D eigenvalue weighted by molar-refractivity contribution is 0.368. The van der Waals surface area contributed by atoms with Gasteiger partial charge in [0.2, 0.25) is 0 Å². The van der Waals surface area contributed by atoms with E-state index < -0.39 is 0 Å². The van der Waals surface area contributed by atoms with Crippen molar-refractivity contribution in [3.05, 3.63) is 0 Å². The number of unbranched alkanes of at least 4 members (excludes halogenated alkanes) is 2. The second kappa shape index (κ2) is 5.31. The molecule has 1 rings (SSSR count). The number of epoxide rings is 1. The summed E-state index contributed by atoms with van der Waals surface area (Å²) in [6, 6.07) is 0. The van der Waals surface area contributed by atoms with Crippen molar-refractivity contribution >= 4 is 23.2 Å². The maximum atomic E-state index is 6.10. The lowest BCUT2D eigenvalue weighted by Crippen LogP contribution is -2.10. The first-order valence-electron chi connectivity index (χ1n) is 4.65. The lowest BCUT2D eigenvalue weighted by Gasteiger charge is -2.04. The summed E-state index contributed by atoms with van der Waals surface area (Å²) in [7, 11) is 0. The van der Waals surface area contributed by atoms with Crippen LogP contribution in [0.2, 0.25) is 0 Å². The van der Waals surface area contributed by atoms with Crippen LogP contribution in [-0.2, 0) is 4.74 Å². The van der Waals surface area contributed by atoms with E-state index in [0.29, 0.717) is 5.88 Å². The van der Waals surface area contributed by atoms with Gasteiger partial charge in [-0.2, -0.15) is 0 Å². The Kier molecular flexibility index (Phi) is 4.70. The number of ether oxygens (including phenoxy) is 1. The predicted octanol–water partition coefficient (Wildman–Crippen LogP) is 3.18. The maximum Gasteiger partial charge on any atom is 0.102 e. The molecule has 0 radical (unpaired) electrons. The molecule has 1 aliphatic heterocycles. The van der Waals surface area contributed by atoms with Crippen molar-refractivity contribution in [2.24, 2.45) is 0 Å². The summed E-state index contributed by atoms with van der Waals surface area (Å²) in [4.78, 5) is 0. The molecule has 0 amide bonds. The van der Waals surface area contributed by atoms with Crippen molar-refractivity contribution in [3.63, 3.8) is 0 Å². The molecule has 3 heteroatoms. The van der Waals surface area contributed by atoms with E-state index in [1.54, 1.807) is 0 Å². The van der Waals surface area contributed by atoms with Gasteiger partial charge in [0.1, 0.15) is 6.10 Å². The molecule has 1 heterocycles. The predicted molar refractivity (Wildman–Crippen MR) is 53.2 cm³/mol. The molecule has 1 saturated heterocycles. The Bertz CT molecular complexity index is 130. The van der Waals surface area contributed by atoms with Crippen molar-refractivity contribution < 1.29 is 4.74 Å². The molecule has 0 N–H and O–H groups in total. The molecular formula is C9H16Cl2O. The molecule has 0 aromatic heterocycles.